The molecule has 2 heteroatoms. The first-order chi connectivity index (χ1) is 7.63. The van der Waals surface area contributed by atoms with E-state index in [1.54, 1.807) is 0 Å². The number of nitrogens with one attached hydrogen (secondary N) is 1. The molecule has 96 valence electrons. The summed E-state index contributed by atoms with van der Waals surface area (Å²) in [6.07, 6.45) is 4.07. The van der Waals surface area contributed by atoms with E-state index in [0.717, 1.165) is 24.4 Å². The molecule has 0 saturated carbocycles. The van der Waals surface area contributed by atoms with Gasteiger partial charge in [0.1, 0.15) is 0 Å². The van der Waals surface area contributed by atoms with Crippen LogP contribution in [0.15, 0.2) is 0 Å². The minimum atomic E-state index is 0.767. The molecular weight excluding hydrogens is 196 g/mol. The first-order valence-corrected chi connectivity index (χ1v) is 7.08. The molecule has 0 aliphatic carbocycles. The summed E-state index contributed by atoms with van der Waals surface area (Å²) >= 11 is 0. The predicted octanol–water partition coefficient (Wildman–Crippen LogP) is 2.74. The fraction of sp³-hybridized carbons (Fsp3) is 1.00. The van der Waals surface area contributed by atoms with Gasteiger partial charge in [-0.15, -0.1) is 0 Å². The largest absolute Gasteiger partial charge is 0.317 e. The third-order valence-corrected chi connectivity index (χ3v) is 3.75. The molecule has 1 fully saturated rings. The summed E-state index contributed by atoms with van der Waals surface area (Å²) in [5.41, 5.74) is 0. The number of likely N-dealkylation sites (tertiary alicyclic amines) is 1. The Balaban J connectivity index is 2.21. The Hall–Kier alpha value is -0.0800. The summed E-state index contributed by atoms with van der Waals surface area (Å²) in [5, 5.41) is 3.41. The van der Waals surface area contributed by atoms with E-state index in [4.69, 9.17) is 0 Å². The molecule has 1 saturated heterocycles. The second kappa shape index (κ2) is 7.29. The van der Waals surface area contributed by atoms with Crippen molar-refractivity contribution in [1.29, 1.82) is 0 Å². The van der Waals surface area contributed by atoms with Gasteiger partial charge in [-0.2, -0.15) is 0 Å². The zero-order chi connectivity index (χ0) is 12.0. The van der Waals surface area contributed by atoms with Gasteiger partial charge in [0.15, 0.2) is 0 Å². The van der Waals surface area contributed by atoms with Crippen molar-refractivity contribution in [2.45, 2.75) is 53.0 Å². The van der Waals surface area contributed by atoms with Gasteiger partial charge >= 0.3 is 0 Å². The molecular formula is C14H30N2. The average Bonchev–Trinajstić information content (AvgIpc) is 2.22. The molecule has 1 rings (SSSR count). The Bertz CT molecular complexity index is 172. The van der Waals surface area contributed by atoms with E-state index in [2.05, 4.69) is 37.9 Å². The van der Waals surface area contributed by atoms with Gasteiger partial charge in [-0.3, -0.25) is 0 Å². The molecule has 0 aromatic rings. The van der Waals surface area contributed by atoms with Gasteiger partial charge < -0.3 is 10.2 Å². The zero-order valence-corrected chi connectivity index (χ0v) is 11.6. The van der Waals surface area contributed by atoms with Gasteiger partial charge in [-0.05, 0) is 51.1 Å². The van der Waals surface area contributed by atoms with E-state index < -0.39 is 0 Å². The Morgan fingerprint density at radius 1 is 1.25 bits per heavy atom. The van der Waals surface area contributed by atoms with Crippen molar-refractivity contribution < 1.29 is 0 Å². The second-order valence-corrected chi connectivity index (χ2v) is 5.74. The van der Waals surface area contributed by atoms with Crippen LogP contribution in [0.2, 0.25) is 0 Å². The first kappa shape index (κ1) is 14.0. The molecule has 1 heterocycles. The smallest absolute Gasteiger partial charge is 0.00676 e. The van der Waals surface area contributed by atoms with Gasteiger partial charge in [-0.25, -0.2) is 0 Å². The van der Waals surface area contributed by atoms with E-state index in [0.29, 0.717) is 0 Å². The fourth-order valence-electron chi connectivity index (χ4n) is 2.95. The van der Waals surface area contributed by atoms with Crippen LogP contribution in [0.4, 0.5) is 0 Å². The van der Waals surface area contributed by atoms with Crippen LogP contribution in [0.1, 0.15) is 47.0 Å². The second-order valence-electron chi connectivity index (χ2n) is 5.74. The molecule has 1 N–H and O–H groups in total. The third-order valence-electron chi connectivity index (χ3n) is 3.75. The molecule has 0 bridgehead atoms. The van der Waals surface area contributed by atoms with E-state index >= 15 is 0 Å². The summed E-state index contributed by atoms with van der Waals surface area (Å²) in [6.45, 7) is 14.3. The summed E-state index contributed by atoms with van der Waals surface area (Å²) in [4.78, 5) is 2.70. The van der Waals surface area contributed by atoms with Gasteiger partial charge in [-0.1, -0.05) is 20.8 Å². The van der Waals surface area contributed by atoms with E-state index in [9.17, 15) is 0 Å². The van der Waals surface area contributed by atoms with Gasteiger partial charge in [0.05, 0.1) is 0 Å². The van der Waals surface area contributed by atoms with Crippen LogP contribution < -0.4 is 5.32 Å². The summed E-state index contributed by atoms with van der Waals surface area (Å²) in [5.74, 6) is 1.78. The SMILES string of the molecule is CCNCCCC(C)N1CC(C)CC(C)C1. The Morgan fingerprint density at radius 3 is 2.44 bits per heavy atom. The normalized spacial score (nSPS) is 29.2. The van der Waals surface area contributed by atoms with Gasteiger partial charge in [0.25, 0.3) is 0 Å². The van der Waals surface area contributed by atoms with Crippen molar-refractivity contribution >= 4 is 0 Å². The highest BCUT2D eigenvalue weighted by atomic mass is 15.2. The lowest BCUT2D eigenvalue weighted by atomic mass is 9.90. The van der Waals surface area contributed by atoms with Gasteiger partial charge in [0, 0.05) is 19.1 Å². The van der Waals surface area contributed by atoms with E-state index in [-0.39, 0.29) is 0 Å². The summed E-state index contributed by atoms with van der Waals surface area (Å²) in [6, 6.07) is 0.767. The standard InChI is InChI=1S/C14H30N2/c1-5-15-8-6-7-14(4)16-10-12(2)9-13(3)11-16/h12-15H,5-11H2,1-4H3. The molecule has 0 aromatic heterocycles. The topological polar surface area (TPSA) is 15.3 Å². The van der Waals surface area contributed by atoms with Crippen molar-refractivity contribution in [2.75, 3.05) is 26.2 Å². The lowest BCUT2D eigenvalue weighted by molar-refractivity contribution is 0.0978. The van der Waals surface area contributed by atoms with Crippen molar-refractivity contribution in [3.63, 3.8) is 0 Å². The highest BCUT2D eigenvalue weighted by Gasteiger charge is 2.24. The highest BCUT2D eigenvalue weighted by Crippen LogP contribution is 2.23. The Morgan fingerprint density at radius 2 is 1.88 bits per heavy atom. The maximum Gasteiger partial charge on any atom is 0.00676 e. The minimum Gasteiger partial charge on any atom is -0.317 e. The summed E-state index contributed by atoms with van der Waals surface area (Å²) < 4.78 is 0. The van der Waals surface area contributed by atoms with Crippen molar-refractivity contribution in [2.24, 2.45) is 11.8 Å². The molecule has 3 unspecified atom stereocenters. The Kier molecular flexibility index (Phi) is 6.37. The Labute approximate surface area is 102 Å². The number of rotatable bonds is 6. The van der Waals surface area contributed by atoms with Crippen LogP contribution in [-0.4, -0.2) is 37.1 Å². The molecule has 16 heavy (non-hydrogen) atoms. The summed E-state index contributed by atoms with van der Waals surface area (Å²) in [7, 11) is 0. The molecule has 1 aliphatic rings. The highest BCUT2D eigenvalue weighted by molar-refractivity contribution is 4.78. The van der Waals surface area contributed by atoms with Crippen LogP contribution in [0.5, 0.6) is 0 Å². The van der Waals surface area contributed by atoms with Crippen LogP contribution in [-0.2, 0) is 0 Å². The zero-order valence-electron chi connectivity index (χ0n) is 11.6. The maximum atomic E-state index is 3.41. The number of piperidine rings is 1. The van der Waals surface area contributed by atoms with E-state index in [1.165, 1.54) is 38.9 Å². The molecule has 0 aromatic carbocycles. The van der Waals surface area contributed by atoms with Crippen LogP contribution in [0, 0.1) is 11.8 Å². The molecule has 2 nitrogen and oxygen atoms in total. The monoisotopic (exact) mass is 226 g/mol. The number of nitrogens with zero attached hydrogens (tertiary/aromatic N) is 1. The van der Waals surface area contributed by atoms with E-state index in [1.807, 2.05) is 0 Å². The number of hydrogen-bond donors (Lipinski definition) is 1. The van der Waals surface area contributed by atoms with Crippen LogP contribution in [0.25, 0.3) is 0 Å². The van der Waals surface area contributed by atoms with Crippen molar-refractivity contribution in [3.8, 4) is 0 Å². The lowest BCUT2D eigenvalue weighted by Crippen LogP contribution is -2.44. The molecule has 0 amide bonds. The van der Waals surface area contributed by atoms with Crippen LogP contribution >= 0.6 is 0 Å². The van der Waals surface area contributed by atoms with Crippen LogP contribution in [0.3, 0.4) is 0 Å². The predicted molar refractivity (Wildman–Crippen MR) is 71.8 cm³/mol. The fourth-order valence-corrected chi connectivity index (χ4v) is 2.95. The first-order valence-electron chi connectivity index (χ1n) is 7.08. The lowest BCUT2D eigenvalue weighted by Gasteiger charge is -2.39. The van der Waals surface area contributed by atoms with Gasteiger partial charge in [0.2, 0.25) is 0 Å². The third kappa shape index (κ3) is 4.84. The molecule has 1 aliphatic heterocycles. The van der Waals surface area contributed by atoms with Crippen molar-refractivity contribution in [3.05, 3.63) is 0 Å². The molecule has 0 spiro atoms. The average molecular weight is 226 g/mol. The molecule has 0 radical (unpaired) electrons. The maximum absolute atomic E-state index is 3.41. The number of hydrogen-bond acceptors (Lipinski definition) is 2. The molecule has 3 atom stereocenters. The quantitative estimate of drug-likeness (QED) is 0.701. The van der Waals surface area contributed by atoms with Crippen molar-refractivity contribution in [1.82, 2.24) is 10.2 Å². The minimum absolute atomic E-state index is 0.767.